The molecule has 3 amide bonds. The second-order valence-corrected chi connectivity index (χ2v) is 12.5. The fourth-order valence-corrected chi connectivity index (χ4v) is 8.34. The van der Waals surface area contributed by atoms with Crippen LogP contribution in [-0.4, -0.2) is 34.2 Å². The third kappa shape index (κ3) is 4.31. The Kier molecular flexibility index (Phi) is 5.80. The third-order valence-electron chi connectivity index (χ3n) is 9.79. The number of rotatable bonds is 7. The normalized spacial score (nSPS) is 31.5. The zero-order chi connectivity index (χ0) is 25.9. The zero-order valence-electron chi connectivity index (χ0n) is 21.8. The van der Waals surface area contributed by atoms with Crippen molar-refractivity contribution in [2.45, 2.75) is 82.6 Å². The highest BCUT2D eigenvalue weighted by molar-refractivity contribution is 6.06. The number of amides is 3. The van der Waals surface area contributed by atoms with Crippen LogP contribution in [0.2, 0.25) is 0 Å². The highest BCUT2D eigenvalue weighted by atomic mass is 16.2. The lowest BCUT2D eigenvalue weighted by atomic mass is 9.53. The van der Waals surface area contributed by atoms with Gasteiger partial charge in [0, 0.05) is 48.4 Å². The molecule has 2 aliphatic heterocycles. The van der Waals surface area contributed by atoms with Crippen molar-refractivity contribution in [2.24, 2.45) is 17.8 Å². The summed E-state index contributed by atoms with van der Waals surface area (Å²) in [4.78, 5) is 38.6. The van der Waals surface area contributed by atoms with E-state index in [-0.39, 0.29) is 24.1 Å². The molecule has 6 aliphatic rings. The molecule has 5 fully saturated rings. The first-order chi connectivity index (χ1) is 18.4. The predicted molar refractivity (Wildman–Crippen MR) is 144 cm³/mol. The van der Waals surface area contributed by atoms with Crippen LogP contribution < -0.4 is 16.0 Å². The van der Waals surface area contributed by atoms with Crippen LogP contribution >= 0.6 is 0 Å². The first-order valence-corrected chi connectivity index (χ1v) is 14.3. The second kappa shape index (κ2) is 9.23. The van der Waals surface area contributed by atoms with Crippen molar-refractivity contribution >= 4 is 23.4 Å². The summed E-state index contributed by atoms with van der Waals surface area (Å²) in [5.41, 5.74) is 5.35. The van der Waals surface area contributed by atoms with Crippen molar-refractivity contribution in [3.63, 3.8) is 0 Å². The van der Waals surface area contributed by atoms with Crippen molar-refractivity contribution in [2.75, 3.05) is 5.32 Å². The van der Waals surface area contributed by atoms with Crippen molar-refractivity contribution in [1.29, 1.82) is 0 Å². The Morgan fingerprint density at radius 2 is 1.53 bits per heavy atom. The minimum Gasteiger partial charge on any atom is -0.381 e. The summed E-state index contributed by atoms with van der Waals surface area (Å²) in [5, 5.41) is 9.87. The first kappa shape index (κ1) is 23.9. The van der Waals surface area contributed by atoms with Crippen LogP contribution in [-0.2, 0) is 29.2 Å². The summed E-state index contributed by atoms with van der Waals surface area (Å²) in [7, 11) is 0. The largest absolute Gasteiger partial charge is 0.381 e. The highest BCUT2D eigenvalue weighted by Gasteiger charge is 2.50. The highest BCUT2D eigenvalue weighted by Crippen LogP contribution is 2.55. The molecule has 4 saturated carbocycles. The number of hydrogen-bond acceptors (Lipinski definition) is 5. The Bertz CT molecular complexity index is 1250. The molecule has 198 valence electrons. The summed E-state index contributed by atoms with van der Waals surface area (Å²) in [6.07, 6.45) is 9.14. The van der Waals surface area contributed by atoms with E-state index in [4.69, 9.17) is 0 Å². The number of nitrogens with one attached hydrogen (secondary N) is 3. The van der Waals surface area contributed by atoms with Gasteiger partial charge in [0.1, 0.15) is 6.04 Å². The summed E-state index contributed by atoms with van der Waals surface area (Å²) in [5.74, 6) is 2.06. The molecule has 2 aromatic carbocycles. The van der Waals surface area contributed by atoms with Crippen LogP contribution in [0.5, 0.6) is 0 Å². The fraction of sp³-hybridized carbons (Fsp3) is 0.516. The van der Waals surface area contributed by atoms with Gasteiger partial charge in [-0.15, -0.1) is 0 Å². The minimum atomic E-state index is -0.597. The maximum Gasteiger partial charge on any atom is 0.255 e. The number of hydrogen-bond donors (Lipinski definition) is 3. The molecule has 3 N–H and O–H groups in total. The maximum absolute atomic E-state index is 13.1. The monoisotopic (exact) mass is 512 g/mol. The van der Waals surface area contributed by atoms with Gasteiger partial charge in [0.05, 0.1) is 0 Å². The molecule has 7 heteroatoms. The summed E-state index contributed by atoms with van der Waals surface area (Å²) in [6.45, 7) is 1.97. The molecule has 2 heterocycles. The van der Waals surface area contributed by atoms with E-state index in [1.165, 1.54) is 49.7 Å². The first-order valence-electron chi connectivity index (χ1n) is 14.3. The van der Waals surface area contributed by atoms with Gasteiger partial charge >= 0.3 is 0 Å². The number of imide groups is 1. The molecular weight excluding hydrogens is 476 g/mol. The van der Waals surface area contributed by atoms with Gasteiger partial charge in [-0.25, -0.2) is 0 Å². The quantitative estimate of drug-likeness (QED) is 0.486. The molecule has 1 atom stereocenters. The number of carbonyl (C=O) groups is 3. The van der Waals surface area contributed by atoms with Crippen molar-refractivity contribution in [3.05, 3.63) is 64.7 Å². The zero-order valence-corrected chi connectivity index (χ0v) is 21.8. The molecule has 2 aromatic rings. The van der Waals surface area contributed by atoms with E-state index in [0.717, 1.165) is 35.5 Å². The SMILES string of the molecule is O=C1CCC(N2Cc3c(NCc4ccc(CNC56CC7CC(CC(C7)C5)C6)cc4)cccc3C2=O)C(=O)N1. The minimum absolute atomic E-state index is 0.144. The lowest BCUT2D eigenvalue weighted by molar-refractivity contribution is -0.136. The van der Waals surface area contributed by atoms with E-state index >= 15 is 0 Å². The molecule has 4 aliphatic carbocycles. The molecular formula is C31H36N4O3. The number of piperidine rings is 1. The third-order valence-corrected chi connectivity index (χ3v) is 9.79. The predicted octanol–water partition coefficient (Wildman–Crippen LogP) is 4.12. The van der Waals surface area contributed by atoms with E-state index in [2.05, 4.69) is 40.2 Å². The Morgan fingerprint density at radius 1 is 0.868 bits per heavy atom. The van der Waals surface area contributed by atoms with Gasteiger partial charge in [-0.2, -0.15) is 0 Å². The van der Waals surface area contributed by atoms with E-state index < -0.39 is 6.04 Å². The molecule has 0 radical (unpaired) electrons. The number of benzene rings is 2. The fourth-order valence-electron chi connectivity index (χ4n) is 8.34. The van der Waals surface area contributed by atoms with Crippen molar-refractivity contribution in [3.8, 4) is 0 Å². The van der Waals surface area contributed by atoms with E-state index in [1.807, 2.05) is 18.2 Å². The topological polar surface area (TPSA) is 90.5 Å². The Labute approximate surface area is 223 Å². The van der Waals surface area contributed by atoms with Gasteiger partial charge in [-0.3, -0.25) is 19.7 Å². The average molecular weight is 513 g/mol. The second-order valence-electron chi connectivity index (χ2n) is 12.5. The summed E-state index contributed by atoms with van der Waals surface area (Å²) >= 11 is 0. The van der Waals surface area contributed by atoms with Crippen LogP contribution in [0.4, 0.5) is 5.69 Å². The van der Waals surface area contributed by atoms with E-state index in [0.29, 0.717) is 30.6 Å². The lowest BCUT2D eigenvalue weighted by Gasteiger charge is -2.57. The number of nitrogens with zero attached hydrogens (tertiary/aromatic N) is 1. The maximum atomic E-state index is 13.1. The van der Waals surface area contributed by atoms with Crippen LogP contribution in [0.15, 0.2) is 42.5 Å². The van der Waals surface area contributed by atoms with E-state index in [9.17, 15) is 14.4 Å². The summed E-state index contributed by atoms with van der Waals surface area (Å²) < 4.78 is 0. The average Bonchev–Trinajstić information content (AvgIpc) is 3.23. The van der Waals surface area contributed by atoms with Crippen molar-refractivity contribution < 1.29 is 14.4 Å². The van der Waals surface area contributed by atoms with Gasteiger partial charge in [-0.1, -0.05) is 30.3 Å². The van der Waals surface area contributed by atoms with E-state index in [1.54, 1.807) is 4.90 Å². The lowest BCUT2D eigenvalue weighted by Crippen LogP contribution is -2.58. The number of fused-ring (bicyclic) bond motifs is 1. The van der Waals surface area contributed by atoms with Gasteiger partial charge in [0.25, 0.3) is 5.91 Å². The molecule has 7 nitrogen and oxygen atoms in total. The number of anilines is 1. The van der Waals surface area contributed by atoms with Gasteiger partial charge in [0.15, 0.2) is 0 Å². The molecule has 0 aromatic heterocycles. The molecule has 38 heavy (non-hydrogen) atoms. The van der Waals surface area contributed by atoms with Crippen LogP contribution in [0.3, 0.4) is 0 Å². The summed E-state index contributed by atoms with van der Waals surface area (Å²) in [6, 6.07) is 13.9. The Hall–Kier alpha value is -3.19. The van der Waals surface area contributed by atoms with Crippen LogP contribution in [0.1, 0.15) is 78.4 Å². The molecule has 1 unspecified atom stereocenters. The molecule has 4 bridgehead atoms. The van der Waals surface area contributed by atoms with Crippen molar-refractivity contribution in [1.82, 2.24) is 15.5 Å². The standard InChI is InChI=1S/C31H36N4O3/c36-28-9-8-27(29(37)34-28)35-18-25-24(30(35)38)2-1-3-26(25)32-16-19-4-6-20(7-5-19)17-33-31-13-21-10-22(14-31)12-23(11-21)15-31/h1-7,21-23,27,32-33H,8-18H2,(H,34,36,37). The van der Waals surface area contributed by atoms with Gasteiger partial charge < -0.3 is 15.5 Å². The Morgan fingerprint density at radius 3 is 2.18 bits per heavy atom. The molecule has 1 saturated heterocycles. The number of carbonyl (C=O) groups excluding carboxylic acids is 3. The van der Waals surface area contributed by atoms with Crippen LogP contribution in [0.25, 0.3) is 0 Å². The Balaban J connectivity index is 0.973. The van der Waals surface area contributed by atoms with Gasteiger partial charge in [0.2, 0.25) is 11.8 Å². The smallest absolute Gasteiger partial charge is 0.255 e. The van der Waals surface area contributed by atoms with Gasteiger partial charge in [-0.05, 0) is 86.0 Å². The van der Waals surface area contributed by atoms with Crippen LogP contribution in [0, 0.1) is 17.8 Å². The molecule has 8 rings (SSSR count). The molecule has 0 spiro atoms.